The smallest absolute Gasteiger partial charge is 0.262 e. The average Bonchev–Trinajstić information content (AvgIpc) is 2.90. The number of Topliss-reactive ketones (excluding diaryl/α,β-unsaturated/α-hetero) is 2. The van der Waals surface area contributed by atoms with E-state index in [1.165, 1.54) is 7.11 Å². The van der Waals surface area contributed by atoms with Gasteiger partial charge in [-0.25, -0.2) is 0 Å². The molecule has 2 aromatic carbocycles. The number of halogens is 1. The summed E-state index contributed by atoms with van der Waals surface area (Å²) in [7, 11) is 1.54. The number of allylic oxidation sites excluding steroid dienone is 4. The van der Waals surface area contributed by atoms with E-state index in [1.54, 1.807) is 30.3 Å². The number of carbonyl (C=O) groups excluding carboxylic acids is 3. The number of para-hydroxylation sites is 2. The van der Waals surface area contributed by atoms with Gasteiger partial charge in [-0.3, -0.25) is 14.4 Å². The SMILES string of the molecule is CCN1C2=C(C(=O)CC(C)(C)C2)C(c2ccc(OCC(=O)Nc3ccccc3OC)c(Cl)c2)C2=C1CC(C)(C)CC2=O. The van der Waals surface area contributed by atoms with Crippen LogP contribution in [0, 0.1) is 10.8 Å². The van der Waals surface area contributed by atoms with Gasteiger partial charge in [-0.15, -0.1) is 0 Å². The van der Waals surface area contributed by atoms with E-state index in [1.807, 2.05) is 12.1 Å². The summed E-state index contributed by atoms with van der Waals surface area (Å²) in [6.07, 6.45) is 2.39. The number of rotatable bonds is 7. The standard InChI is InChI=1S/C34H39ClN2O5/c1-7-37-23-15-33(2,3)17-25(38)31(23)30(32-24(37)16-34(4,5)18-26(32)39)20-12-13-27(21(35)14-20)42-19-29(40)36-22-10-8-9-11-28(22)41-6/h8-14,30H,7,15-19H2,1-6H3,(H,36,40). The van der Waals surface area contributed by atoms with Gasteiger partial charge in [0.25, 0.3) is 5.91 Å². The monoisotopic (exact) mass is 590 g/mol. The Hall–Kier alpha value is -3.58. The van der Waals surface area contributed by atoms with Gasteiger partial charge in [-0.1, -0.05) is 57.5 Å². The minimum atomic E-state index is -0.481. The molecule has 0 atom stereocenters. The lowest BCUT2D eigenvalue weighted by atomic mass is 9.63. The zero-order chi connectivity index (χ0) is 30.4. The van der Waals surface area contributed by atoms with Crippen LogP contribution in [0.3, 0.4) is 0 Å². The Balaban J connectivity index is 1.47. The van der Waals surface area contributed by atoms with Crippen molar-refractivity contribution in [2.75, 3.05) is 25.6 Å². The number of amides is 1. The first-order chi connectivity index (χ1) is 19.8. The minimum absolute atomic E-state index is 0.0818. The highest BCUT2D eigenvalue weighted by Gasteiger charge is 2.48. The summed E-state index contributed by atoms with van der Waals surface area (Å²) in [6.45, 7) is 11.0. The van der Waals surface area contributed by atoms with Crippen LogP contribution in [-0.4, -0.2) is 42.6 Å². The number of anilines is 1. The minimum Gasteiger partial charge on any atom is -0.495 e. The highest BCUT2D eigenvalue weighted by molar-refractivity contribution is 6.32. The normalized spacial score (nSPS) is 19.8. The van der Waals surface area contributed by atoms with Crippen molar-refractivity contribution >= 4 is 34.8 Å². The molecule has 42 heavy (non-hydrogen) atoms. The van der Waals surface area contributed by atoms with Crippen molar-refractivity contribution in [3.63, 3.8) is 0 Å². The van der Waals surface area contributed by atoms with Crippen LogP contribution in [0.25, 0.3) is 0 Å². The maximum atomic E-state index is 13.8. The number of benzene rings is 2. The summed E-state index contributed by atoms with van der Waals surface area (Å²) in [4.78, 5) is 42.4. The molecule has 1 N–H and O–H groups in total. The Morgan fingerprint density at radius 1 is 0.929 bits per heavy atom. The van der Waals surface area contributed by atoms with E-state index in [2.05, 4.69) is 44.8 Å². The van der Waals surface area contributed by atoms with Gasteiger partial charge in [-0.05, 0) is 60.4 Å². The number of hydrogen-bond donors (Lipinski definition) is 1. The summed E-state index contributed by atoms with van der Waals surface area (Å²) in [5, 5.41) is 3.10. The number of nitrogens with one attached hydrogen (secondary N) is 1. The van der Waals surface area contributed by atoms with Gasteiger partial charge in [0.15, 0.2) is 18.2 Å². The van der Waals surface area contributed by atoms with Crippen LogP contribution < -0.4 is 14.8 Å². The number of nitrogens with zero attached hydrogens (tertiary/aromatic N) is 1. The molecule has 0 unspecified atom stereocenters. The van der Waals surface area contributed by atoms with Crippen molar-refractivity contribution in [3.8, 4) is 11.5 Å². The number of carbonyl (C=O) groups is 3. The second-order valence-electron chi connectivity index (χ2n) is 13.0. The molecule has 3 aliphatic rings. The Morgan fingerprint density at radius 3 is 2.07 bits per heavy atom. The molecule has 0 spiro atoms. The molecule has 0 fully saturated rings. The van der Waals surface area contributed by atoms with Crippen molar-refractivity contribution < 1.29 is 23.9 Å². The fraction of sp³-hybridized carbons (Fsp3) is 0.441. The molecular weight excluding hydrogens is 552 g/mol. The van der Waals surface area contributed by atoms with Gasteiger partial charge < -0.3 is 19.7 Å². The zero-order valence-corrected chi connectivity index (χ0v) is 26.0. The molecule has 1 heterocycles. The second kappa shape index (κ2) is 11.3. The maximum Gasteiger partial charge on any atom is 0.262 e. The van der Waals surface area contributed by atoms with Crippen LogP contribution in [0.1, 0.15) is 71.8 Å². The summed E-state index contributed by atoms with van der Waals surface area (Å²) in [5.74, 6) is 0.215. The summed E-state index contributed by atoms with van der Waals surface area (Å²) in [6, 6.07) is 12.5. The van der Waals surface area contributed by atoms with E-state index in [4.69, 9.17) is 21.1 Å². The second-order valence-corrected chi connectivity index (χ2v) is 13.4. The van der Waals surface area contributed by atoms with Gasteiger partial charge in [0, 0.05) is 47.8 Å². The zero-order valence-electron chi connectivity index (χ0n) is 25.2. The molecule has 0 saturated heterocycles. The molecule has 8 heteroatoms. The largest absolute Gasteiger partial charge is 0.495 e. The third-order valence-electron chi connectivity index (χ3n) is 8.37. The van der Waals surface area contributed by atoms with Crippen LogP contribution in [-0.2, 0) is 14.4 Å². The van der Waals surface area contributed by atoms with Crippen molar-refractivity contribution in [2.45, 2.75) is 66.2 Å². The van der Waals surface area contributed by atoms with E-state index in [9.17, 15) is 14.4 Å². The number of ether oxygens (including phenoxy) is 2. The molecule has 0 saturated carbocycles. The molecule has 7 nitrogen and oxygen atoms in total. The quantitative estimate of drug-likeness (QED) is 0.371. The molecule has 1 amide bonds. The Kier molecular flexibility index (Phi) is 8.01. The third kappa shape index (κ3) is 5.71. The molecule has 0 bridgehead atoms. The van der Waals surface area contributed by atoms with Crippen molar-refractivity contribution in [2.24, 2.45) is 10.8 Å². The molecule has 5 rings (SSSR count). The molecule has 2 aromatic rings. The van der Waals surface area contributed by atoms with Crippen molar-refractivity contribution in [1.29, 1.82) is 0 Å². The van der Waals surface area contributed by atoms with E-state index in [-0.39, 0.29) is 34.9 Å². The van der Waals surface area contributed by atoms with E-state index < -0.39 is 5.92 Å². The molecule has 1 aliphatic heterocycles. The van der Waals surface area contributed by atoms with Gasteiger partial charge in [0.1, 0.15) is 11.5 Å². The number of hydrogen-bond acceptors (Lipinski definition) is 6. The van der Waals surface area contributed by atoms with Gasteiger partial charge >= 0.3 is 0 Å². The Bertz CT molecular complexity index is 1470. The van der Waals surface area contributed by atoms with E-state index in [0.29, 0.717) is 52.7 Å². The predicted octanol–water partition coefficient (Wildman–Crippen LogP) is 7.07. The summed E-state index contributed by atoms with van der Waals surface area (Å²) in [5.41, 5.74) is 4.47. The van der Waals surface area contributed by atoms with Crippen molar-refractivity contribution in [1.82, 2.24) is 4.90 Å². The van der Waals surface area contributed by atoms with Gasteiger partial charge in [0.05, 0.1) is 17.8 Å². The van der Waals surface area contributed by atoms with Crippen LogP contribution in [0.5, 0.6) is 11.5 Å². The fourth-order valence-electron chi connectivity index (χ4n) is 6.65. The molecule has 0 radical (unpaired) electrons. The number of methoxy groups -OCH3 is 1. The predicted molar refractivity (Wildman–Crippen MR) is 164 cm³/mol. The number of ketones is 2. The highest BCUT2D eigenvalue weighted by Crippen LogP contribution is 2.54. The summed E-state index contributed by atoms with van der Waals surface area (Å²) < 4.78 is 11.1. The van der Waals surface area contributed by atoms with Gasteiger partial charge in [0.2, 0.25) is 0 Å². The lowest BCUT2D eigenvalue weighted by molar-refractivity contribution is -0.120. The fourth-order valence-corrected chi connectivity index (χ4v) is 6.90. The van der Waals surface area contributed by atoms with Crippen LogP contribution >= 0.6 is 11.6 Å². The Morgan fingerprint density at radius 2 is 1.52 bits per heavy atom. The van der Waals surface area contributed by atoms with Crippen molar-refractivity contribution in [3.05, 3.63) is 75.6 Å². The Labute approximate surface area is 252 Å². The topological polar surface area (TPSA) is 84.9 Å². The van der Waals surface area contributed by atoms with E-state index in [0.717, 1.165) is 29.8 Å². The highest BCUT2D eigenvalue weighted by atomic mass is 35.5. The van der Waals surface area contributed by atoms with Crippen LogP contribution in [0.15, 0.2) is 65.0 Å². The first-order valence-electron chi connectivity index (χ1n) is 14.5. The molecule has 2 aliphatic carbocycles. The first-order valence-corrected chi connectivity index (χ1v) is 14.9. The lowest BCUT2D eigenvalue weighted by Gasteiger charge is -2.48. The van der Waals surface area contributed by atoms with Gasteiger partial charge in [-0.2, -0.15) is 0 Å². The maximum absolute atomic E-state index is 13.8. The molecule has 222 valence electrons. The molecule has 0 aromatic heterocycles. The third-order valence-corrected chi connectivity index (χ3v) is 8.66. The van der Waals surface area contributed by atoms with Crippen LogP contribution in [0.2, 0.25) is 5.02 Å². The van der Waals surface area contributed by atoms with E-state index >= 15 is 0 Å². The molecular formula is C34H39ClN2O5. The lowest BCUT2D eigenvalue weighted by Crippen LogP contribution is -2.44. The average molecular weight is 591 g/mol. The summed E-state index contributed by atoms with van der Waals surface area (Å²) >= 11 is 6.72. The van der Waals surface area contributed by atoms with Crippen LogP contribution in [0.4, 0.5) is 5.69 Å². The first kappa shape index (κ1) is 29.9.